The lowest BCUT2D eigenvalue weighted by Gasteiger charge is -2.14. The third-order valence-corrected chi connectivity index (χ3v) is 4.43. The van der Waals surface area contributed by atoms with Crippen LogP contribution >= 0.6 is 0 Å². The number of carbonyl (C=O) groups is 1. The molecule has 0 bridgehead atoms. The summed E-state index contributed by atoms with van der Waals surface area (Å²) in [5.41, 5.74) is 4.87. The molecule has 0 atom stereocenters. The lowest BCUT2D eigenvalue weighted by atomic mass is 9.98. The molecule has 0 unspecified atom stereocenters. The van der Waals surface area contributed by atoms with Gasteiger partial charge in [-0.05, 0) is 41.5 Å². The number of carbonyl (C=O) groups excluding carboxylic acids is 1. The molecule has 25 heavy (non-hydrogen) atoms. The molecule has 4 heteroatoms. The minimum atomic E-state index is -0.387. The van der Waals surface area contributed by atoms with Crippen molar-refractivity contribution < 1.29 is 9.53 Å². The molecule has 0 heterocycles. The van der Waals surface area contributed by atoms with Gasteiger partial charge in [0, 0.05) is 18.9 Å². The molecule has 1 amide bonds. The number of hydrogen-bond donors (Lipinski definition) is 1. The molecule has 4 nitrogen and oxygen atoms in total. The van der Waals surface area contributed by atoms with Crippen LogP contribution in [0, 0.1) is 17.8 Å². The van der Waals surface area contributed by atoms with Gasteiger partial charge < -0.3 is 10.1 Å². The maximum absolute atomic E-state index is 11.9. The van der Waals surface area contributed by atoms with Crippen molar-refractivity contribution in [1.82, 2.24) is 5.32 Å². The molecule has 1 radical (unpaired) electrons. The van der Waals surface area contributed by atoms with E-state index in [1.165, 1.54) is 22.3 Å². The van der Waals surface area contributed by atoms with Gasteiger partial charge in [0.15, 0.2) is 0 Å². The Hall–Kier alpha value is -2.80. The minimum Gasteiger partial charge on any atom is -0.449 e. The Bertz CT molecular complexity index is 734. The van der Waals surface area contributed by atoms with Gasteiger partial charge in [0.05, 0.1) is 6.07 Å². The molecule has 0 spiro atoms. The van der Waals surface area contributed by atoms with Crippen molar-refractivity contribution in [3.63, 3.8) is 0 Å². The second-order valence-electron chi connectivity index (χ2n) is 6.05. The standard InChI is InChI=1S/C21H21N2O2/c22-13-7-1-2-8-14-23-21(24)25-15-20-18-11-5-3-9-16(18)17-10-4-6-12-19(17)20/h1,3-6,9-12,20H,2,7-8,14-15H2,(H,23,24). The van der Waals surface area contributed by atoms with Gasteiger partial charge in [-0.1, -0.05) is 48.5 Å². The van der Waals surface area contributed by atoms with Crippen LogP contribution in [-0.2, 0) is 4.74 Å². The number of amides is 1. The number of benzene rings is 2. The summed E-state index contributed by atoms with van der Waals surface area (Å²) >= 11 is 0. The first kappa shape index (κ1) is 17.0. The fourth-order valence-corrected chi connectivity index (χ4v) is 3.25. The van der Waals surface area contributed by atoms with Gasteiger partial charge in [0.1, 0.15) is 6.61 Å². The average Bonchev–Trinajstić information content (AvgIpc) is 2.97. The number of nitrogens with zero attached hydrogens (tertiary/aromatic N) is 1. The Morgan fingerprint density at radius 1 is 1.12 bits per heavy atom. The zero-order valence-electron chi connectivity index (χ0n) is 14.1. The molecule has 0 saturated carbocycles. The number of nitrogens with one attached hydrogen (secondary N) is 1. The van der Waals surface area contributed by atoms with Crippen molar-refractivity contribution in [3.8, 4) is 17.2 Å². The number of hydrogen-bond acceptors (Lipinski definition) is 3. The van der Waals surface area contributed by atoms with Gasteiger partial charge >= 0.3 is 6.09 Å². The maximum Gasteiger partial charge on any atom is 0.407 e. The third kappa shape index (κ3) is 4.00. The van der Waals surface area contributed by atoms with E-state index >= 15 is 0 Å². The zero-order chi connectivity index (χ0) is 17.5. The van der Waals surface area contributed by atoms with E-state index in [4.69, 9.17) is 10.00 Å². The van der Waals surface area contributed by atoms with E-state index in [1.807, 2.05) is 30.7 Å². The first-order valence-electron chi connectivity index (χ1n) is 8.58. The van der Waals surface area contributed by atoms with Gasteiger partial charge in [-0.3, -0.25) is 0 Å². The van der Waals surface area contributed by atoms with Crippen LogP contribution in [-0.4, -0.2) is 19.2 Å². The van der Waals surface area contributed by atoms with Crippen molar-refractivity contribution in [2.75, 3.05) is 13.2 Å². The molecule has 1 aliphatic carbocycles. The molecule has 2 aromatic carbocycles. The van der Waals surface area contributed by atoms with Crippen molar-refractivity contribution >= 4 is 6.09 Å². The van der Waals surface area contributed by atoms with Crippen molar-refractivity contribution in [3.05, 3.63) is 66.1 Å². The lowest BCUT2D eigenvalue weighted by Crippen LogP contribution is -2.27. The lowest BCUT2D eigenvalue weighted by molar-refractivity contribution is 0.143. The molecule has 0 aromatic heterocycles. The Balaban J connectivity index is 1.53. The van der Waals surface area contributed by atoms with E-state index in [0.29, 0.717) is 19.6 Å². The minimum absolute atomic E-state index is 0.0853. The summed E-state index contributed by atoms with van der Waals surface area (Å²) in [4.78, 5) is 11.9. The van der Waals surface area contributed by atoms with Gasteiger partial charge in [0.2, 0.25) is 0 Å². The van der Waals surface area contributed by atoms with Crippen molar-refractivity contribution in [2.45, 2.75) is 25.2 Å². The summed E-state index contributed by atoms with van der Waals surface area (Å²) in [6, 6.07) is 18.6. The normalized spacial score (nSPS) is 12.1. The monoisotopic (exact) mass is 333 g/mol. The number of fused-ring (bicyclic) bond motifs is 3. The molecular weight excluding hydrogens is 312 g/mol. The van der Waals surface area contributed by atoms with Crippen molar-refractivity contribution in [1.29, 1.82) is 5.26 Å². The predicted molar refractivity (Wildman–Crippen MR) is 96.8 cm³/mol. The van der Waals surface area contributed by atoms with Gasteiger partial charge in [-0.2, -0.15) is 5.26 Å². The SMILES string of the molecule is N#CC[CH]CCCNC(=O)OCC1c2ccccc2-c2ccccc21. The van der Waals surface area contributed by atoms with Crippen LogP contribution in [0.25, 0.3) is 11.1 Å². The van der Waals surface area contributed by atoms with Gasteiger partial charge in [0.25, 0.3) is 0 Å². The highest BCUT2D eigenvalue weighted by Crippen LogP contribution is 2.44. The summed E-state index contributed by atoms with van der Waals surface area (Å²) in [5.74, 6) is 0.0853. The quantitative estimate of drug-likeness (QED) is 0.763. The maximum atomic E-state index is 11.9. The smallest absolute Gasteiger partial charge is 0.407 e. The highest BCUT2D eigenvalue weighted by molar-refractivity contribution is 5.79. The molecule has 1 aliphatic rings. The molecule has 0 fully saturated rings. The molecular formula is C21H21N2O2. The van der Waals surface area contributed by atoms with E-state index in [2.05, 4.69) is 35.7 Å². The predicted octanol–water partition coefficient (Wildman–Crippen LogP) is 4.42. The number of ether oxygens (including phenoxy) is 1. The van der Waals surface area contributed by atoms with E-state index in [1.54, 1.807) is 0 Å². The second kappa shape index (κ2) is 8.34. The first-order chi connectivity index (χ1) is 12.3. The molecule has 0 saturated heterocycles. The number of alkyl carbamates (subject to hydrolysis) is 1. The summed E-state index contributed by atoms with van der Waals surface area (Å²) < 4.78 is 5.45. The largest absolute Gasteiger partial charge is 0.449 e. The number of unbranched alkanes of at least 4 members (excludes halogenated alkanes) is 3. The van der Waals surface area contributed by atoms with E-state index < -0.39 is 0 Å². The number of rotatable bonds is 7. The van der Waals surface area contributed by atoms with E-state index in [-0.39, 0.29) is 12.0 Å². The van der Waals surface area contributed by atoms with Crippen LogP contribution in [0.5, 0.6) is 0 Å². The van der Waals surface area contributed by atoms with Crippen LogP contribution < -0.4 is 5.32 Å². The zero-order valence-corrected chi connectivity index (χ0v) is 14.1. The van der Waals surface area contributed by atoms with Crippen LogP contribution in [0.15, 0.2) is 48.5 Å². The third-order valence-electron chi connectivity index (χ3n) is 4.43. The highest BCUT2D eigenvalue weighted by Gasteiger charge is 2.28. The van der Waals surface area contributed by atoms with Gasteiger partial charge in [-0.25, -0.2) is 4.79 Å². The summed E-state index contributed by atoms with van der Waals surface area (Å²) in [6.45, 7) is 0.888. The molecule has 2 aromatic rings. The second-order valence-corrected chi connectivity index (χ2v) is 6.05. The van der Waals surface area contributed by atoms with Crippen LogP contribution in [0.2, 0.25) is 0 Å². The fraction of sp³-hybridized carbons (Fsp3) is 0.286. The van der Waals surface area contributed by atoms with E-state index in [0.717, 1.165) is 12.8 Å². The Morgan fingerprint density at radius 2 is 1.76 bits per heavy atom. The van der Waals surface area contributed by atoms with E-state index in [9.17, 15) is 4.79 Å². The van der Waals surface area contributed by atoms with Crippen LogP contribution in [0.1, 0.15) is 36.3 Å². The molecule has 3 rings (SSSR count). The van der Waals surface area contributed by atoms with Crippen LogP contribution in [0.4, 0.5) is 4.79 Å². The summed E-state index contributed by atoms with van der Waals surface area (Å²) in [7, 11) is 0. The highest BCUT2D eigenvalue weighted by atomic mass is 16.5. The molecule has 1 N–H and O–H groups in total. The Labute approximate surface area is 148 Å². The fourth-order valence-electron chi connectivity index (χ4n) is 3.25. The summed E-state index contributed by atoms with van der Waals surface area (Å²) in [6.07, 6.45) is 3.61. The van der Waals surface area contributed by atoms with Crippen LogP contribution in [0.3, 0.4) is 0 Å². The first-order valence-corrected chi connectivity index (χ1v) is 8.58. The Morgan fingerprint density at radius 3 is 2.40 bits per heavy atom. The molecule has 0 aliphatic heterocycles. The summed E-state index contributed by atoms with van der Waals surface area (Å²) in [5, 5.41) is 11.2. The molecule has 127 valence electrons. The van der Waals surface area contributed by atoms with Crippen molar-refractivity contribution in [2.24, 2.45) is 0 Å². The van der Waals surface area contributed by atoms with Gasteiger partial charge in [-0.15, -0.1) is 0 Å². The number of nitriles is 1. The Kier molecular flexibility index (Phi) is 5.69. The average molecular weight is 333 g/mol. The topological polar surface area (TPSA) is 62.1 Å².